The summed E-state index contributed by atoms with van der Waals surface area (Å²) in [7, 11) is -1.32. The van der Waals surface area contributed by atoms with Gasteiger partial charge in [-0.25, -0.2) is 12.8 Å². The number of piperidine rings is 1. The molecule has 212 valence electrons. The number of hydrogen-bond acceptors (Lipinski definition) is 5. The van der Waals surface area contributed by atoms with Crippen molar-refractivity contribution in [3.63, 3.8) is 0 Å². The van der Waals surface area contributed by atoms with Crippen LogP contribution in [-0.4, -0.2) is 52.4 Å². The molecular formula is C32H38FN3O3S. The molecule has 1 aliphatic rings. The van der Waals surface area contributed by atoms with E-state index in [0.717, 1.165) is 27.9 Å². The van der Waals surface area contributed by atoms with Gasteiger partial charge < -0.3 is 9.67 Å². The lowest BCUT2D eigenvalue weighted by atomic mass is 9.74. The average Bonchev–Trinajstić information content (AvgIpc) is 3.19. The van der Waals surface area contributed by atoms with Gasteiger partial charge >= 0.3 is 0 Å². The van der Waals surface area contributed by atoms with Crippen molar-refractivity contribution in [2.75, 3.05) is 12.8 Å². The minimum absolute atomic E-state index is 0.259. The van der Waals surface area contributed by atoms with Crippen LogP contribution in [0.15, 0.2) is 59.5 Å². The van der Waals surface area contributed by atoms with E-state index in [0.29, 0.717) is 42.2 Å². The molecule has 2 aromatic heterocycles. The molecule has 5 rings (SSSR count). The number of halogens is 1. The number of fused-ring (bicyclic) bond motifs is 1. The minimum atomic E-state index is -3.27. The highest BCUT2D eigenvalue weighted by Gasteiger charge is 2.45. The van der Waals surface area contributed by atoms with Crippen LogP contribution in [0.2, 0.25) is 0 Å². The highest BCUT2D eigenvalue weighted by molar-refractivity contribution is 7.90. The fourth-order valence-corrected chi connectivity index (χ4v) is 7.17. The molecule has 1 atom stereocenters. The predicted molar refractivity (Wildman–Crippen MR) is 158 cm³/mol. The molecule has 0 spiro atoms. The number of likely N-dealkylation sites (tertiary alicyclic amines) is 1. The first kappa shape index (κ1) is 28.5. The summed E-state index contributed by atoms with van der Waals surface area (Å²) in [5.41, 5.74) is 3.72. The predicted octanol–water partition coefficient (Wildman–Crippen LogP) is 6.23. The largest absolute Gasteiger partial charge is 0.385 e. The van der Waals surface area contributed by atoms with Crippen molar-refractivity contribution in [3.8, 4) is 22.5 Å². The Morgan fingerprint density at radius 2 is 1.68 bits per heavy atom. The van der Waals surface area contributed by atoms with Gasteiger partial charge in [-0.1, -0.05) is 24.3 Å². The number of hydrogen-bond donors (Lipinski definition) is 1. The molecule has 0 aliphatic carbocycles. The Balaban J connectivity index is 1.50. The molecule has 0 saturated carbocycles. The van der Waals surface area contributed by atoms with Gasteiger partial charge in [-0.05, 0) is 83.4 Å². The Morgan fingerprint density at radius 3 is 2.25 bits per heavy atom. The van der Waals surface area contributed by atoms with Gasteiger partial charge in [0.1, 0.15) is 5.82 Å². The number of sulfone groups is 1. The van der Waals surface area contributed by atoms with Crippen LogP contribution < -0.4 is 0 Å². The second kappa shape index (κ2) is 9.79. The fourth-order valence-electron chi connectivity index (χ4n) is 6.54. The lowest BCUT2D eigenvalue weighted by Crippen LogP contribution is -2.57. The number of aliphatic hydroxyl groups is 1. The van der Waals surface area contributed by atoms with Crippen LogP contribution in [0.1, 0.15) is 51.8 Å². The molecule has 8 heteroatoms. The van der Waals surface area contributed by atoms with Gasteiger partial charge in [-0.3, -0.25) is 9.88 Å². The van der Waals surface area contributed by atoms with E-state index < -0.39 is 21.3 Å². The van der Waals surface area contributed by atoms with E-state index in [1.54, 1.807) is 30.3 Å². The maximum Gasteiger partial charge on any atom is 0.175 e. The normalized spacial score (nSPS) is 19.9. The Labute approximate surface area is 236 Å². The Bertz CT molecular complexity index is 1710. The van der Waals surface area contributed by atoms with E-state index in [2.05, 4.69) is 32.6 Å². The van der Waals surface area contributed by atoms with Crippen LogP contribution in [0.5, 0.6) is 0 Å². The lowest BCUT2D eigenvalue weighted by Gasteiger charge is -2.51. The molecule has 2 aromatic carbocycles. The molecular weight excluding hydrogens is 525 g/mol. The zero-order valence-electron chi connectivity index (χ0n) is 24.3. The number of pyridine rings is 1. The van der Waals surface area contributed by atoms with E-state index >= 15 is 4.39 Å². The first-order valence-electron chi connectivity index (χ1n) is 13.7. The number of benzene rings is 2. The third-order valence-corrected chi connectivity index (χ3v) is 9.60. The first-order chi connectivity index (χ1) is 18.6. The highest BCUT2D eigenvalue weighted by Crippen LogP contribution is 2.43. The lowest BCUT2D eigenvalue weighted by molar-refractivity contribution is -0.0922. The maximum absolute atomic E-state index is 15.7. The summed E-state index contributed by atoms with van der Waals surface area (Å²) in [6.45, 7) is 11.2. The number of rotatable bonds is 5. The van der Waals surface area contributed by atoms with Gasteiger partial charge in [0.2, 0.25) is 0 Å². The molecule has 4 aromatic rings. The third kappa shape index (κ3) is 4.97. The molecule has 0 radical (unpaired) electrons. The van der Waals surface area contributed by atoms with Gasteiger partial charge in [0.05, 0.1) is 21.7 Å². The molecule has 0 unspecified atom stereocenters. The van der Waals surface area contributed by atoms with Crippen molar-refractivity contribution in [2.45, 2.75) is 69.5 Å². The van der Waals surface area contributed by atoms with Crippen molar-refractivity contribution in [3.05, 3.63) is 71.7 Å². The van der Waals surface area contributed by atoms with Crippen LogP contribution in [-0.2, 0) is 22.5 Å². The van der Waals surface area contributed by atoms with Crippen LogP contribution in [0.4, 0.5) is 4.39 Å². The summed E-state index contributed by atoms with van der Waals surface area (Å²) in [4.78, 5) is 7.43. The average molecular weight is 564 g/mol. The van der Waals surface area contributed by atoms with Crippen molar-refractivity contribution in [1.82, 2.24) is 14.5 Å². The second-order valence-electron chi connectivity index (χ2n) is 12.2. The Kier molecular flexibility index (Phi) is 6.96. The molecule has 1 N–H and O–H groups in total. The molecule has 0 amide bonds. The maximum atomic E-state index is 15.7. The molecule has 1 saturated heterocycles. The molecule has 1 fully saturated rings. The second-order valence-corrected chi connectivity index (χ2v) is 14.2. The molecule has 40 heavy (non-hydrogen) atoms. The summed E-state index contributed by atoms with van der Waals surface area (Å²) >= 11 is 0. The zero-order valence-corrected chi connectivity index (χ0v) is 25.1. The summed E-state index contributed by atoms with van der Waals surface area (Å²) in [5, 5.41) is 12.6. The molecule has 0 bridgehead atoms. The number of aryl methyl sites for hydroxylation is 2. The van der Waals surface area contributed by atoms with Crippen LogP contribution >= 0.6 is 0 Å². The minimum Gasteiger partial charge on any atom is -0.385 e. The van der Waals surface area contributed by atoms with Gasteiger partial charge in [0.15, 0.2) is 9.84 Å². The van der Waals surface area contributed by atoms with E-state index in [9.17, 15) is 13.5 Å². The van der Waals surface area contributed by atoms with E-state index in [1.807, 2.05) is 36.7 Å². The summed E-state index contributed by atoms with van der Waals surface area (Å²) in [5.74, 6) is -0.424. The summed E-state index contributed by atoms with van der Waals surface area (Å²) in [6, 6.07) is 16.2. The van der Waals surface area contributed by atoms with Crippen LogP contribution in [0.3, 0.4) is 0 Å². The van der Waals surface area contributed by atoms with Crippen LogP contribution in [0.25, 0.3) is 33.4 Å². The fraction of sp³-hybridized carbons (Fsp3) is 0.406. The standard InChI is InChI=1S/C32H38FN3O3S/c1-20(2)36-15-14-32(37,19-31(36,4)5)26-13-10-23(16-27(26)33)28-18-30-25(21(3)34-28)17-29(35(30)6)22-8-11-24(12-9-22)40(7,38)39/h8-13,16-18,20,37H,14-15,19H2,1-7H3/t32-/m1/s1. The number of nitrogens with zero attached hydrogens (tertiary/aromatic N) is 3. The Morgan fingerprint density at radius 1 is 1.02 bits per heavy atom. The van der Waals surface area contributed by atoms with Gasteiger partial charge in [-0.15, -0.1) is 0 Å². The van der Waals surface area contributed by atoms with Crippen molar-refractivity contribution >= 4 is 20.7 Å². The van der Waals surface area contributed by atoms with Gasteiger partial charge in [-0.2, -0.15) is 0 Å². The zero-order chi connectivity index (χ0) is 29.2. The van der Waals surface area contributed by atoms with Crippen molar-refractivity contribution in [1.29, 1.82) is 0 Å². The topological polar surface area (TPSA) is 75.4 Å². The third-order valence-electron chi connectivity index (χ3n) is 8.47. The smallest absolute Gasteiger partial charge is 0.175 e. The quantitative estimate of drug-likeness (QED) is 0.312. The molecule has 3 heterocycles. The SMILES string of the molecule is Cc1nc(-c2ccc([C@@]3(O)CCN(C(C)C)C(C)(C)C3)c(F)c2)cc2c1cc(-c1ccc(S(C)(=O)=O)cc1)n2C. The van der Waals surface area contributed by atoms with Crippen LogP contribution in [0, 0.1) is 12.7 Å². The number of aromatic nitrogens is 2. The van der Waals surface area contributed by atoms with Crippen molar-refractivity contribution < 1.29 is 17.9 Å². The Hall–Kier alpha value is -3.07. The van der Waals surface area contributed by atoms with Gasteiger partial charge in [0, 0.05) is 59.3 Å². The van der Waals surface area contributed by atoms with Gasteiger partial charge in [0.25, 0.3) is 0 Å². The summed E-state index contributed by atoms with van der Waals surface area (Å²) < 4.78 is 41.4. The first-order valence-corrected chi connectivity index (χ1v) is 15.6. The summed E-state index contributed by atoms with van der Waals surface area (Å²) in [6.07, 6.45) is 2.13. The van der Waals surface area contributed by atoms with Crippen molar-refractivity contribution in [2.24, 2.45) is 7.05 Å². The van der Waals surface area contributed by atoms with E-state index in [4.69, 9.17) is 4.98 Å². The van der Waals surface area contributed by atoms with E-state index in [-0.39, 0.29) is 10.4 Å². The monoisotopic (exact) mass is 563 g/mol. The van der Waals surface area contributed by atoms with E-state index in [1.165, 1.54) is 12.3 Å². The molecule has 6 nitrogen and oxygen atoms in total. The molecule has 1 aliphatic heterocycles. The highest BCUT2D eigenvalue weighted by atomic mass is 32.2.